The third-order valence-electron chi connectivity index (χ3n) is 3.21. The van der Waals surface area contributed by atoms with E-state index in [0.717, 1.165) is 12.0 Å². The topological polar surface area (TPSA) is 92.7 Å². The van der Waals surface area contributed by atoms with Crippen LogP contribution < -0.4 is 14.9 Å². The number of hydrogen-bond donors (Lipinski definition) is 1. The predicted molar refractivity (Wildman–Crippen MR) is 101 cm³/mol. The highest BCUT2D eigenvalue weighted by atomic mass is 16.5. The summed E-state index contributed by atoms with van der Waals surface area (Å²) in [6, 6.07) is 7.50. The average Bonchev–Trinajstić information content (AvgIpc) is 3.05. The van der Waals surface area contributed by atoms with Crippen molar-refractivity contribution in [2.45, 2.75) is 27.2 Å². The number of anilines is 1. The first kappa shape index (κ1) is 19.1. The van der Waals surface area contributed by atoms with Crippen LogP contribution in [0.2, 0.25) is 0 Å². The Morgan fingerprint density at radius 2 is 2.19 bits per heavy atom. The molecule has 0 saturated carbocycles. The van der Waals surface area contributed by atoms with E-state index in [4.69, 9.17) is 19.2 Å². The number of allylic oxidation sites excluding steroid dienone is 1. The lowest BCUT2D eigenvalue weighted by atomic mass is 10.2. The van der Waals surface area contributed by atoms with E-state index >= 15 is 0 Å². The largest absolute Gasteiger partial charge is 0.490 e. The Labute approximate surface area is 152 Å². The highest BCUT2D eigenvalue weighted by Crippen LogP contribution is 2.28. The molecule has 1 heterocycles. The summed E-state index contributed by atoms with van der Waals surface area (Å²) in [5.74, 6) is 1.84. The Morgan fingerprint density at radius 3 is 2.85 bits per heavy atom. The molecule has 26 heavy (non-hydrogen) atoms. The number of ether oxygens (including phenoxy) is 2. The molecule has 0 aliphatic rings. The Bertz CT molecular complexity index is 834. The Hall–Kier alpha value is -3.27. The third-order valence-corrected chi connectivity index (χ3v) is 3.21. The summed E-state index contributed by atoms with van der Waals surface area (Å²) in [5, 5.41) is 13.2. The van der Waals surface area contributed by atoms with Gasteiger partial charge in [0.1, 0.15) is 6.07 Å². The zero-order chi connectivity index (χ0) is 18.9. The quantitative estimate of drug-likeness (QED) is 0.535. The molecule has 7 nitrogen and oxygen atoms in total. The first-order valence-corrected chi connectivity index (χ1v) is 8.34. The number of nitriles is 1. The molecular weight excluding hydrogens is 332 g/mol. The van der Waals surface area contributed by atoms with Gasteiger partial charge in [0.2, 0.25) is 11.6 Å². The highest BCUT2D eigenvalue weighted by molar-refractivity contribution is 5.81. The zero-order valence-electron chi connectivity index (χ0n) is 15.2. The maximum Gasteiger partial charge on any atom is 0.252 e. The molecule has 0 saturated heterocycles. The van der Waals surface area contributed by atoms with Gasteiger partial charge in [-0.3, -0.25) is 0 Å². The maximum atomic E-state index is 9.10. The van der Waals surface area contributed by atoms with Crippen molar-refractivity contribution in [1.82, 2.24) is 4.98 Å². The molecule has 0 bridgehead atoms. The van der Waals surface area contributed by atoms with Gasteiger partial charge in [0, 0.05) is 5.57 Å². The first-order valence-electron chi connectivity index (χ1n) is 8.34. The van der Waals surface area contributed by atoms with Crippen molar-refractivity contribution in [2.24, 2.45) is 5.10 Å². The average molecular weight is 354 g/mol. The van der Waals surface area contributed by atoms with Gasteiger partial charge in [0.15, 0.2) is 11.5 Å². The van der Waals surface area contributed by atoms with E-state index in [0.29, 0.717) is 36.2 Å². The van der Waals surface area contributed by atoms with E-state index < -0.39 is 0 Å². The molecule has 0 spiro atoms. The summed E-state index contributed by atoms with van der Waals surface area (Å²) in [5.41, 5.74) is 4.25. The Morgan fingerprint density at radius 1 is 1.38 bits per heavy atom. The summed E-state index contributed by atoms with van der Waals surface area (Å²) in [6.07, 6.45) is 2.51. The zero-order valence-corrected chi connectivity index (χ0v) is 15.2. The monoisotopic (exact) mass is 354 g/mol. The fourth-order valence-electron chi connectivity index (χ4n) is 2.02. The Balaban J connectivity index is 2.14. The van der Waals surface area contributed by atoms with Gasteiger partial charge in [-0.05, 0) is 44.0 Å². The van der Waals surface area contributed by atoms with E-state index in [1.54, 1.807) is 13.1 Å². The van der Waals surface area contributed by atoms with Crippen molar-refractivity contribution in [3.8, 4) is 17.6 Å². The summed E-state index contributed by atoms with van der Waals surface area (Å²) in [4.78, 5) is 4.03. The minimum Gasteiger partial charge on any atom is -0.490 e. The van der Waals surface area contributed by atoms with Crippen molar-refractivity contribution in [3.63, 3.8) is 0 Å². The lowest BCUT2D eigenvalue weighted by Gasteiger charge is -2.11. The van der Waals surface area contributed by atoms with Crippen LogP contribution in [0, 0.1) is 11.3 Å². The van der Waals surface area contributed by atoms with E-state index in [9.17, 15) is 0 Å². The second kappa shape index (κ2) is 9.28. The number of aromatic nitrogens is 1. The molecule has 0 aliphatic carbocycles. The summed E-state index contributed by atoms with van der Waals surface area (Å²) >= 11 is 0. The number of hydrazone groups is 1. The molecule has 2 rings (SSSR count). The number of hydrogen-bond acceptors (Lipinski definition) is 7. The summed E-state index contributed by atoms with van der Waals surface area (Å²) < 4.78 is 16.7. The fourth-order valence-corrected chi connectivity index (χ4v) is 2.02. The van der Waals surface area contributed by atoms with Crippen LogP contribution in [0.15, 0.2) is 34.3 Å². The van der Waals surface area contributed by atoms with Crippen LogP contribution in [-0.2, 0) is 0 Å². The van der Waals surface area contributed by atoms with Gasteiger partial charge >= 0.3 is 0 Å². The van der Waals surface area contributed by atoms with Crippen LogP contribution in [0.25, 0.3) is 5.57 Å². The molecule has 1 N–H and O–H groups in total. The van der Waals surface area contributed by atoms with Crippen molar-refractivity contribution >= 4 is 17.7 Å². The summed E-state index contributed by atoms with van der Waals surface area (Å²) in [7, 11) is 0. The molecule has 0 radical (unpaired) electrons. The second-order valence-corrected chi connectivity index (χ2v) is 5.45. The third kappa shape index (κ3) is 4.86. The van der Waals surface area contributed by atoms with Gasteiger partial charge in [-0.25, -0.2) is 5.43 Å². The van der Waals surface area contributed by atoms with Crippen LogP contribution >= 0.6 is 0 Å². The van der Waals surface area contributed by atoms with Crippen molar-refractivity contribution in [1.29, 1.82) is 5.26 Å². The number of benzene rings is 1. The molecule has 0 amide bonds. The molecule has 0 unspecified atom stereocenters. The molecular formula is C19H22N4O3. The molecule has 136 valence electrons. The maximum absolute atomic E-state index is 9.10. The smallest absolute Gasteiger partial charge is 0.252 e. The molecule has 0 atom stereocenters. The summed E-state index contributed by atoms with van der Waals surface area (Å²) in [6.45, 7) is 10.6. The molecule has 1 aromatic carbocycles. The molecule has 1 aromatic heterocycles. The number of rotatable bonds is 9. The second-order valence-electron chi connectivity index (χ2n) is 5.45. The van der Waals surface area contributed by atoms with Crippen LogP contribution in [0.5, 0.6) is 11.5 Å². The number of oxazole rings is 1. The van der Waals surface area contributed by atoms with Crippen LogP contribution in [0.1, 0.15) is 44.3 Å². The van der Waals surface area contributed by atoms with Crippen LogP contribution in [-0.4, -0.2) is 24.4 Å². The van der Waals surface area contributed by atoms with Gasteiger partial charge in [-0.2, -0.15) is 15.3 Å². The lowest BCUT2D eigenvalue weighted by Crippen LogP contribution is -2.01. The predicted octanol–water partition coefficient (Wildman–Crippen LogP) is 4.21. The number of nitrogens with zero attached hydrogens (tertiary/aromatic N) is 3. The lowest BCUT2D eigenvalue weighted by molar-refractivity contribution is 0.277. The van der Waals surface area contributed by atoms with Crippen molar-refractivity contribution in [3.05, 3.63) is 41.9 Å². The van der Waals surface area contributed by atoms with Gasteiger partial charge in [0.05, 0.1) is 19.4 Å². The van der Waals surface area contributed by atoms with E-state index in [2.05, 4.69) is 22.1 Å². The van der Waals surface area contributed by atoms with Gasteiger partial charge < -0.3 is 13.9 Å². The van der Waals surface area contributed by atoms with Crippen molar-refractivity contribution in [2.75, 3.05) is 18.6 Å². The molecule has 7 heteroatoms. The van der Waals surface area contributed by atoms with Crippen LogP contribution in [0.3, 0.4) is 0 Å². The van der Waals surface area contributed by atoms with Gasteiger partial charge in [-0.15, -0.1) is 0 Å². The normalized spacial score (nSPS) is 10.5. The van der Waals surface area contributed by atoms with Gasteiger partial charge in [0.25, 0.3) is 5.88 Å². The molecule has 2 aromatic rings. The SMILES string of the molecule is C=C(C)c1nc(C#N)c(NN=Cc2ccc(OCCC)c(OCC)c2)o1. The van der Waals surface area contributed by atoms with E-state index in [1.165, 1.54) is 0 Å². The molecule has 0 fully saturated rings. The Kier molecular flexibility index (Phi) is 6.80. The highest BCUT2D eigenvalue weighted by Gasteiger charge is 2.12. The van der Waals surface area contributed by atoms with Gasteiger partial charge in [-0.1, -0.05) is 13.5 Å². The standard InChI is InChI=1S/C19H22N4O3/c1-5-9-25-16-8-7-14(10-17(16)24-6-2)12-21-23-19-15(11-20)22-18(26-19)13(3)4/h7-8,10,12,23H,3,5-6,9H2,1-2,4H3. The van der Waals surface area contributed by atoms with E-state index in [1.807, 2.05) is 38.1 Å². The fraction of sp³-hybridized carbons (Fsp3) is 0.316. The minimum atomic E-state index is 0.124. The van der Waals surface area contributed by atoms with Crippen molar-refractivity contribution < 1.29 is 13.9 Å². The number of nitrogens with one attached hydrogen (secondary N) is 1. The minimum absolute atomic E-state index is 0.124. The van der Waals surface area contributed by atoms with E-state index in [-0.39, 0.29) is 11.6 Å². The molecule has 0 aliphatic heterocycles. The first-order chi connectivity index (χ1) is 12.6. The van der Waals surface area contributed by atoms with Crippen LogP contribution in [0.4, 0.5) is 5.88 Å².